The summed E-state index contributed by atoms with van der Waals surface area (Å²) in [6.45, 7) is 9.13. The highest BCUT2D eigenvalue weighted by atomic mass is 32.1. The minimum atomic E-state index is -0.931. The van der Waals surface area contributed by atoms with Crippen LogP contribution in [-0.2, 0) is 9.53 Å². The predicted octanol–water partition coefficient (Wildman–Crippen LogP) is 6.65. The summed E-state index contributed by atoms with van der Waals surface area (Å²) in [6, 6.07) is 4.00. The Morgan fingerprint density at radius 2 is 2.07 bits per heavy atom. The molecule has 1 atom stereocenters. The fraction of sp³-hybridized carbons (Fsp3) is 0.500. The molecular weight excluding hydrogens is 382 g/mol. The third-order valence-electron chi connectivity index (χ3n) is 5.64. The molecule has 1 aliphatic rings. The molecule has 0 aliphatic heterocycles. The van der Waals surface area contributed by atoms with E-state index in [4.69, 9.17) is 4.74 Å². The van der Waals surface area contributed by atoms with Crippen molar-refractivity contribution >= 4 is 22.9 Å². The second-order valence-electron chi connectivity index (χ2n) is 8.55. The quantitative estimate of drug-likeness (QED) is 0.492. The SMILES string of the molecule is CCCCO[C@H](C(=O)O)c1c(C)sc(-c2ccncc2)c1C1=CCC(C)(C)CC1. The number of aryl methyl sites for hydroxylation is 1. The lowest BCUT2D eigenvalue weighted by Crippen LogP contribution is -2.19. The van der Waals surface area contributed by atoms with Gasteiger partial charge in [0.15, 0.2) is 6.10 Å². The van der Waals surface area contributed by atoms with Gasteiger partial charge in [-0.1, -0.05) is 33.3 Å². The van der Waals surface area contributed by atoms with Gasteiger partial charge in [0, 0.05) is 39.9 Å². The molecule has 1 N–H and O–H groups in total. The van der Waals surface area contributed by atoms with Crippen LogP contribution in [0.2, 0.25) is 0 Å². The molecule has 0 saturated carbocycles. The van der Waals surface area contributed by atoms with Crippen molar-refractivity contribution in [2.24, 2.45) is 5.41 Å². The van der Waals surface area contributed by atoms with Gasteiger partial charge in [-0.15, -0.1) is 11.3 Å². The van der Waals surface area contributed by atoms with E-state index in [9.17, 15) is 9.90 Å². The Bertz CT molecular complexity index is 883. The Kier molecular flexibility index (Phi) is 6.91. The molecule has 0 saturated heterocycles. The smallest absolute Gasteiger partial charge is 0.337 e. The number of ether oxygens (including phenoxy) is 1. The van der Waals surface area contributed by atoms with Crippen molar-refractivity contribution in [3.8, 4) is 10.4 Å². The molecule has 4 nitrogen and oxygen atoms in total. The molecule has 2 aromatic heterocycles. The molecule has 0 radical (unpaired) electrons. The summed E-state index contributed by atoms with van der Waals surface area (Å²) in [5.41, 5.74) is 4.52. The number of carboxylic acid groups (broad SMARTS) is 1. The first-order valence-corrected chi connectivity index (χ1v) is 11.2. The van der Waals surface area contributed by atoms with E-state index >= 15 is 0 Å². The molecule has 0 aromatic carbocycles. The number of pyridine rings is 1. The first-order chi connectivity index (χ1) is 13.8. The Morgan fingerprint density at radius 1 is 1.34 bits per heavy atom. The summed E-state index contributed by atoms with van der Waals surface area (Å²) in [6.07, 6.45) is 9.84. The first-order valence-electron chi connectivity index (χ1n) is 10.4. The van der Waals surface area contributed by atoms with Crippen LogP contribution in [0.1, 0.15) is 75.0 Å². The molecule has 2 aromatic rings. The van der Waals surface area contributed by atoms with E-state index in [-0.39, 0.29) is 5.41 Å². The molecule has 0 amide bonds. The van der Waals surface area contributed by atoms with Gasteiger partial charge >= 0.3 is 5.97 Å². The molecular formula is C24H31NO3S. The number of allylic oxidation sites excluding steroid dienone is 2. The fourth-order valence-electron chi connectivity index (χ4n) is 3.83. The summed E-state index contributed by atoms with van der Waals surface area (Å²) in [7, 11) is 0. The van der Waals surface area contributed by atoms with Crippen molar-refractivity contribution in [1.29, 1.82) is 0 Å². The third kappa shape index (κ3) is 4.96. The standard InChI is InChI=1S/C24H31NO3S/c1-5-6-15-28-21(23(26)27)19-16(2)29-22(18-9-13-25-14-10-18)20(19)17-7-11-24(3,4)12-8-17/h7,9-10,13-14,21H,5-6,8,11-12,15H2,1-4H3,(H,26,27)/t21-/m0/s1. The van der Waals surface area contributed by atoms with Crippen LogP contribution < -0.4 is 0 Å². The minimum absolute atomic E-state index is 0.287. The number of carboxylic acids is 1. The first kappa shape index (κ1) is 21.7. The second kappa shape index (κ2) is 9.23. The van der Waals surface area contributed by atoms with Crippen LogP contribution in [0.15, 0.2) is 30.6 Å². The minimum Gasteiger partial charge on any atom is -0.479 e. The van der Waals surface area contributed by atoms with E-state index in [0.29, 0.717) is 6.61 Å². The van der Waals surface area contributed by atoms with Gasteiger partial charge in [0.05, 0.1) is 0 Å². The highest BCUT2D eigenvalue weighted by Gasteiger charge is 2.32. The van der Waals surface area contributed by atoms with Crippen LogP contribution in [0.3, 0.4) is 0 Å². The number of rotatable bonds is 8. The summed E-state index contributed by atoms with van der Waals surface area (Å²) in [4.78, 5) is 18.5. The summed E-state index contributed by atoms with van der Waals surface area (Å²) in [5.74, 6) is -0.915. The van der Waals surface area contributed by atoms with Crippen LogP contribution in [-0.4, -0.2) is 22.7 Å². The summed E-state index contributed by atoms with van der Waals surface area (Å²) >= 11 is 1.66. The predicted molar refractivity (Wildman–Crippen MR) is 119 cm³/mol. The molecule has 2 heterocycles. The zero-order chi connectivity index (χ0) is 21.0. The van der Waals surface area contributed by atoms with E-state index in [1.807, 2.05) is 19.1 Å². The topological polar surface area (TPSA) is 59.4 Å². The van der Waals surface area contributed by atoms with Gasteiger partial charge in [-0.05, 0) is 61.3 Å². The Labute approximate surface area is 177 Å². The molecule has 0 spiro atoms. The fourth-order valence-corrected chi connectivity index (χ4v) is 5.05. The van der Waals surface area contributed by atoms with E-state index in [1.54, 1.807) is 23.7 Å². The largest absolute Gasteiger partial charge is 0.479 e. The van der Waals surface area contributed by atoms with Gasteiger partial charge in [-0.2, -0.15) is 0 Å². The lowest BCUT2D eigenvalue weighted by Gasteiger charge is -2.29. The van der Waals surface area contributed by atoms with Crippen molar-refractivity contribution < 1.29 is 14.6 Å². The molecule has 3 rings (SSSR count). The van der Waals surface area contributed by atoms with Gasteiger partial charge < -0.3 is 9.84 Å². The van der Waals surface area contributed by atoms with Crippen molar-refractivity contribution in [1.82, 2.24) is 4.98 Å². The maximum absolute atomic E-state index is 12.2. The lowest BCUT2D eigenvalue weighted by atomic mass is 9.76. The van der Waals surface area contributed by atoms with E-state index < -0.39 is 12.1 Å². The van der Waals surface area contributed by atoms with Crippen molar-refractivity contribution in [2.75, 3.05) is 6.61 Å². The molecule has 29 heavy (non-hydrogen) atoms. The number of aromatic nitrogens is 1. The number of carbonyl (C=O) groups is 1. The van der Waals surface area contributed by atoms with E-state index in [0.717, 1.165) is 58.5 Å². The van der Waals surface area contributed by atoms with Crippen LogP contribution in [0.4, 0.5) is 0 Å². The lowest BCUT2D eigenvalue weighted by molar-refractivity contribution is -0.151. The normalized spacial score (nSPS) is 17.0. The van der Waals surface area contributed by atoms with Crippen molar-refractivity contribution in [3.05, 3.63) is 46.6 Å². The van der Waals surface area contributed by atoms with E-state index in [2.05, 4.69) is 31.8 Å². The van der Waals surface area contributed by atoms with E-state index in [1.165, 1.54) is 5.57 Å². The number of nitrogens with zero attached hydrogens (tertiary/aromatic N) is 1. The van der Waals surface area contributed by atoms with Crippen LogP contribution in [0.25, 0.3) is 16.0 Å². The summed E-state index contributed by atoms with van der Waals surface area (Å²) < 4.78 is 5.90. The highest BCUT2D eigenvalue weighted by molar-refractivity contribution is 7.16. The van der Waals surface area contributed by atoms with Gasteiger partial charge in [0.1, 0.15) is 0 Å². The maximum Gasteiger partial charge on any atom is 0.337 e. The zero-order valence-corrected chi connectivity index (χ0v) is 18.6. The summed E-state index contributed by atoms with van der Waals surface area (Å²) in [5, 5.41) is 9.99. The number of thiophene rings is 1. The molecule has 0 unspecified atom stereocenters. The Morgan fingerprint density at radius 3 is 2.66 bits per heavy atom. The number of hydrogen-bond donors (Lipinski definition) is 1. The molecule has 5 heteroatoms. The molecule has 0 fully saturated rings. The monoisotopic (exact) mass is 413 g/mol. The van der Waals surface area contributed by atoms with Gasteiger partial charge in [-0.25, -0.2) is 4.79 Å². The third-order valence-corrected chi connectivity index (χ3v) is 6.81. The molecule has 0 bridgehead atoms. The van der Waals surface area contributed by atoms with Crippen LogP contribution >= 0.6 is 11.3 Å². The van der Waals surface area contributed by atoms with Gasteiger partial charge in [0.2, 0.25) is 0 Å². The second-order valence-corrected chi connectivity index (χ2v) is 9.78. The van der Waals surface area contributed by atoms with Crippen LogP contribution in [0.5, 0.6) is 0 Å². The Hall–Kier alpha value is -1.98. The number of hydrogen-bond acceptors (Lipinski definition) is 4. The molecule has 1 aliphatic carbocycles. The van der Waals surface area contributed by atoms with Crippen LogP contribution in [0, 0.1) is 12.3 Å². The zero-order valence-electron chi connectivity index (χ0n) is 17.8. The highest BCUT2D eigenvalue weighted by Crippen LogP contribution is 2.48. The number of aliphatic carboxylic acids is 1. The van der Waals surface area contributed by atoms with Crippen molar-refractivity contribution in [2.45, 2.75) is 65.9 Å². The maximum atomic E-state index is 12.2. The van der Waals surface area contributed by atoms with Crippen molar-refractivity contribution in [3.63, 3.8) is 0 Å². The molecule has 156 valence electrons. The Balaban J connectivity index is 2.14. The average molecular weight is 414 g/mol. The van der Waals surface area contributed by atoms with Gasteiger partial charge in [-0.3, -0.25) is 4.98 Å². The average Bonchev–Trinajstić information content (AvgIpc) is 3.03. The van der Waals surface area contributed by atoms with Gasteiger partial charge in [0.25, 0.3) is 0 Å². The number of unbranched alkanes of at least 4 members (excludes halogenated alkanes) is 1.